The van der Waals surface area contributed by atoms with Gasteiger partial charge < -0.3 is 4.74 Å². The van der Waals surface area contributed by atoms with Crippen molar-refractivity contribution in [3.8, 4) is 0 Å². The van der Waals surface area contributed by atoms with Crippen LogP contribution in [0.4, 0.5) is 0 Å². The van der Waals surface area contributed by atoms with Crippen LogP contribution < -0.4 is 0 Å². The first-order valence-corrected chi connectivity index (χ1v) is 7.47. The van der Waals surface area contributed by atoms with E-state index in [2.05, 4.69) is 26.5 Å². The Morgan fingerprint density at radius 2 is 2.11 bits per heavy atom. The molecular weight excluding hydrogens is 236 g/mol. The lowest BCUT2D eigenvalue weighted by atomic mass is 9.61. The molecule has 0 N–H and O–H groups in total. The number of fused-ring (bicyclic) bond motifs is 1. The SMILES string of the molecule is C=C(C)C1CCC(C)C2CCC(COC(C)=O)=CC12. The highest BCUT2D eigenvalue weighted by atomic mass is 16.5. The number of hydrogen-bond acceptors (Lipinski definition) is 2. The van der Waals surface area contributed by atoms with E-state index in [-0.39, 0.29) is 5.97 Å². The average molecular weight is 262 g/mol. The number of esters is 1. The Balaban J connectivity index is 2.12. The second-order valence-electron chi connectivity index (χ2n) is 6.39. The van der Waals surface area contributed by atoms with Crippen LogP contribution in [-0.2, 0) is 9.53 Å². The van der Waals surface area contributed by atoms with Crippen LogP contribution in [-0.4, -0.2) is 12.6 Å². The minimum atomic E-state index is -0.184. The van der Waals surface area contributed by atoms with E-state index >= 15 is 0 Å². The van der Waals surface area contributed by atoms with Crippen LogP contribution in [0, 0.1) is 23.7 Å². The van der Waals surface area contributed by atoms with Crippen molar-refractivity contribution in [3.05, 3.63) is 23.8 Å². The standard InChI is InChI=1S/C17H26O2/c1-11(2)15-7-5-12(3)16-8-6-14(9-17(15)16)10-19-13(4)18/h9,12,15-17H,1,5-8,10H2,2-4H3. The second-order valence-corrected chi connectivity index (χ2v) is 6.39. The molecule has 1 saturated carbocycles. The van der Waals surface area contributed by atoms with Gasteiger partial charge in [-0.1, -0.05) is 25.2 Å². The molecule has 0 saturated heterocycles. The summed E-state index contributed by atoms with van der Waals surface area (Å²) in [6, 6.07) is 0. The summed E-state index contributed by atoms with van der Waals surface area (Å²) in [4.78, 5) is 10.9. The average Bonchev–Trinajstić information content (AvgIpc) is 2.36. The summed E-state index contributed by atoms with van der Waals surface area (Å²) in [6.45, 7) is 10.7. The Morgan fingerprint density at radius 1 is 1.37 bits per heavy atom. The number of carbonyl (C=O) groups excluding carboxylic acids is 1. The zero-order chi connectivity index (χ0) is 14.0. The molecule has 106 valence electrons. The zero-order valence-electron chi connectivity index (χ0n) is 12.4. The summed E-state index contributed by atoms with van der Waals surface area (Å²) in [5.41, 5.74) is 2.61. The van der Waals surface area contributed by atoms with Crippen molar-refractivity contribution in [3.63, 3.8) is 0 Å². The Morgan fingerprint density at radius 3 is 2.74 bits per heavy atom. The molecule has 0 spiro atoms. The third-order valence-corrected chi connectivity index (χ3v) is 4.94. The number of rotatable bonds is 3. The van der Waals surface area contributed by atoms with Gasteiger partial charge in [0.25, 0.3) is 0 Å². The summed E-state index contributed by atoms with van der Waals surface area (Å²) in [5, 5.41) is 0. The van der Waals surface area contributed by atoms with E-state index in [1.165, 1.54) is 37.3 Å². The maximum absolute atomic E-state index is 10.9. The second kappa shape index (κ2) is 5.94. The van der Waals surface area contributed by atoms with E-state index in [0.29, 0.717) is 18.4 Å². The van der Waals surface area contributed by atoms with Gasteiger partial charge in [-0.15, -0.1) is 0 Å². The first-order chi connectivity index (χ1) is 8.99. The summed E-state index contributed by atoms with van der Waals surface area (Å²) in [6.07, 6.45) is 7.30. The fourth-order valence-corrected chi connectivity index (χ4v) is 3.84. The first-order valence-electron chi connectivity index (χ1n) is 7.47. The molecule has 2 aliphatic carbocycles. The molecule has 0 bridgehead atoms. The molecule has 1 fully saturated rings. The lowest BCUT2D eigenvalue weighted by molar-refractivity contribution is -0.140. The molecule has 0 aromatic carbocycles. The largest absolute Gasteiger partial charge is 0.461 e. The van der Waals surface area contributed by atoms with Gasteiger partial charge in [0, 0.05) is 6.92 Å². The van der Waals surface area contributed by atoms with Gasteiger partial charge in [-0.25, -0.2) is 0 Å². The highest BCUT2D eigenvalue weighted by Gasteiger charge is 2.38. The smallest absolute Gasteiger partial charge is 0.302 e. The Labute approximate surface area is 116 Å². The molecule has 0 aromatic heterocycles. The predicted octanol–water partition coefficient (Wildman–Crippen LogP) is 4.12. The highest BCUT2D eigenvalue weighted by molar-refractivity contribution is 5.66. The van der Waals surface area contributed by atoms with Gasteiger partial charge >= 0.3 is 5.97 Å². The number of ether oxygens (including phenoxy) is 1. The van der Waals surface area contributed by atoms with E-state index < -0.39 is 0 Å². The van der Waals surface area contributed by atoms with E-state index in [9.17, 15) is 4.79 Å². The normalized spacial score (nSPS) is 34.2. The molecule has 19 heavy (non-hydrogen) atoms. The van der Waals surface area contributed by atoms with Gasteiger partial charge in [-0.2, -0.15) is 0 Å². The van der Waals surface area contributed by atoms with E-state index in [4.69, 9.17) is 4.74 Å². The van der Waals surface area contributed by atoms with Crippen molar-refractivity contribution in [2.45, 2.75) is 46.5 Å². The van der Waals surface area contributed by atoms with Crippen molar-refractivity contribution < 1.29 is 9.53 Å². The van der Waals surface area contributed by atoms with Crippen molar-refractivity contribution >= 4 is 5.97 Å². The molecule has 2 aliphatic rings. The van der Waals surface area contributed by atoms with E-state index in [1.54, 1.807) is 0 Å². The van der Waals surface area contributed by atoms with Crippen molar-refractivity contribution in [1.82, 2.24) is 0 Å². The third-order valence-electron chi connectivity index (χ3n) is 4.94. The molecule has 0 radical (unpaired) electrons. The van der Waals surface area contributed by atoms with Crippen molar-refractivity contribution in [2.24, 2.45) is 23.7 Å². The van der Waals surface area contributed by atoms with Gasteiger partial charge in [0.05, 0.1) is 0 Å². The summed E-state index contributed by atoms with van der Waals surface area (Å²) in [7, 11) is 0. The quantitative estimate of drug-likeness (QED) is 0.565. The first kappa shape index (κ1) is 14.4. The van der Waals surface area contributed by atoms with Gasteiger partial charge in [0.1, 0.15) is 6.61 Å². The predicted molar refractivity (Wildman–Crippen MR) is 77.6 cm³/mol. The van der Waals surface area contributed by atoms with E-state index in [1.807, 2.05) is 0 Å². The highest BCUT2D eigenvalue weighted by Crippen LogP contribution is 2.47. The lowest BCUT2D eigenvalue weighted by Gasteiger charge is -2.44. The number of carbonyl (C=O) groups is 1. The number of hydrogen-bond donors (Lipinski definition) is 0. The fraction of sp³-hybridized carbons (Fsp3) is 0.706. The maximum Gasteiger partial charge on any atom is 0.302 e. The van der Waals surface area contributed by atoms with Crippen LogP contribution in [0.5, 0.6) is 0 Å². The molecule has 0 amide bonds. The fourth-order valence-electron chi connectivity index (χ4n) is 3.84. The Bertz CT molecular complexity index is 394. The van der Waals surface area contributed by atoms with Crippen molar-refractivity contribution in [1.29, 1.82) is 0 Å². The minimum absolute atomic E-state index is 0.184. The van der Waals surface area contributed by atoms with Crippen LogP contribution in [0.1, 0.15) is 46.5 Å². The molecule has 2 nitrogen and oxygen atoms in total. The van der Waals surface area contributed by atoms with Crippen LogP contribution in [0.2, 0.25) is 0 Å². The van der Waals surface area contributed by atoms with Gasteiger partial charge in [0.2, 0.25) is 0 Å². The van der Waals surface area contributed by atoms with Gasteiger partial charge in [0.15, 0.2) is 0 Å². The minimum Gasteiger partial charge on any atom is -0.461 e. The van der Waals surface area contributed by atoms with Crippen LogP contribution >= 0.6 is 0 Å². The van der Waals surface area contributed by atoms with Crippen molar-refractivity contribution in [2.75, 3.05) is 6.61 Å². The van der Waals surface area contributed by atoms with E-state index in [0.717, 1.165) is 18.3 Å². The molecule has 4 unspecified atom stereocenters. The Kier molecular flexibility index (Phi) is 4.49. The Hall–Kier alpha value is -1.05. The molecule has 0 aromatic rings. The molecule has 0 aliphatic heterocycles. The van der Waals surface area contributed by atoms with Crippen LogP contribution in [0.25, 0.3) is 0 Å². The molecular formula is C17H26O2. The summed E-state index contributed by atoms with van der Waals surface area (Å²) in [5.74, 6) is 2.65. The maximum atomic E-state index is 10.9. The lowest BCUT2D eigenvalue weighted by Crippen LogP contribution is -2.35. The van der Waals surface area contributed by atoms with Crippen LogP contribution in [0.15, 0.2) is 23.8 Å². The van der Waals surface area contributed by atoms with Gasteiger partial charge in [-0.3, -0.25) is 4.79 Å². The molecule has 2 heteroatoms. The molecule has 2 rings (SSSR count). The third kappa shape index (κ3) is 3.29. The summed E-state index contributed by atoms with van der Waals surface area (Å²) >= 11 is 0. The van der Waals surface area contributed by atoms with Gasteiger partial charge in [-0.05, 0) is 61.9 Å². The molecule has 0 heterocycles. The zero-order valence-corrected chi connectivity index (χ0v) is 12.4. The number of allylic oxidation sites excluding steroid dienone is 2. The summed E-state index contributed by atoms with van der Waals surface area (Å²) < 4.78 is 5.15. The molecule has 4 atom stereocenters. The van der Waals surface area contributed by atoms with Crippen LogP contribution in [0.3, 0.4) is 0 Å². The topological polar surface area (TPSA) is 26.3 Å². The monoisotopic (exact) mass is 262 g/mol.